The van der Waals surface area contributed by atoms with Crippen molar-refractivity contribution in [1.82, 2.24) is 9.97 Å². The highest BCUT2D eigenvalue weighted by atomic mass is 32.2. The molecule has 1 aromatic carbocycles. The van der Waals surface area contributed by atoms with Gasteiger partial charge >= 0.3 is 0 Å². The number of aromatic nitrogens is 2. The Labute approximate surface area is 130 Å². The molecule has 2 N–H and O–H groups in total. The van der Waals surface area contributed by atoms with Gasteiger partial charge in [-0.05, 0) is 36.8 Å². The molecule has 0 saturated carbocycles. The summed E-state index contributed by atoms with van der Waals surface area (Å²) in [5, 5.41) is 7.36. The van der Waals surface area contributed by atoms with E-state index in [0.717, 1.165) is 29.0 Å². The minimum Gasteiger partial charge on any atom is -0.370 e. The number of rotatable bonds is 6. The van der Waals surface area contributed by atoms with E-state index in [-0.39, 0.29) is 0 Å². The highest BCUT2D eigenvalue weighted by molar-refractivity contribution is 7.98. The molecule has 0 atom stereocenters. The van der Waals surface area contributed by atoms with Crippen molar-refractivity contribution < 1.29 is 0 Å². The summed E-state index contributed by atoms with van der Waals surface area (Å²) in [6, 6.07) is 10.4. The van der Waals surface area contributed by atoms with Crippen LogP contribution in [0, 0.1) is 0 Å². The summed E-state index contributed by atoms with van der Waals surface area (Å²) < 4.78 is 0. The predicted octanol–water partition coefficient (Wildman–Crippen LogP) is 4.50. The van der Waals surface area contributed by atoms with E-state index < -0.39 is 0 Å². The molecule has 2 aromatic rings. The van der Waals surface area contributed by atoms with Gasteiger partial charge in [0, 0.05) is 18.3 Å². The van der Waals surface area contributed by atoms with Gasteiger partial charge in [-0.15, -0.1) is 0 Å². The van der Waals surface area contributed by atoms with Crippen molar-refractivity contribution in [2.24, 2.45) is 0 Å². The van der Waals surface area contributed by atoms with Crippen LogP contribution in [0.15, 0.2) is 35.5 Å². The second-order valence-corrected chi connectivity index (χ2v) is 5.83. The van der Waals surface area contributed by atoms with Gasteiger partial charge < -0.3 is 10.6 Å². The number of anilines is 3. The fourth-order valence-electron chi connectivity index (χ4n) is 1.98. The first-order chi connectivity index (χ1) is 10.1. The molecule has 4 nitrogen and oxygen atoms in total. The van der Waals surface area contributed by atoms with Crippen molar-refractivity contribution in [3.05, 3.63) is 35.9 Å². The molecule has 0 aliphatic carbocycles. The molecule has 21 heavy (non-hydrogen) atoms. The molecule has 0 unspecified atom stereocenters. The molecule has 112 valence electrons. The van der Waals surface area contributed by atoms with E-state index in [0.29, 0.717) is 5.92 Å². The first-order valence-corrected chi connectivity index (χ1v) is 8.38. The summed E-state index contributed by atoms with van der Waals surface area (Å²) in [5.74, 6) is 2.17. The fraction of sp³-hybridized carbons (Fsp3) is 0.375. The maximum absolute atomic E-state index is 4.50. The lowest BCUT2D eigenvalue weighted by molar-refractivity contribution is 0.867. The molecule has 0 bridgehead atoms. The first kappa shape index (κ1) is 15.6. The maximum atomic E-state index is 4.50. The molecule has 0 aliphatic rings. The highest BCUT2D eigenvalue weighted by Gasteiger charge is 2.05. The minimum absolute atomic E-state index is 0.510. The van der Waals surface area contributed by atoms with Crippen LogP contribution in [0.2, 0.25) is 0 Å². The average molecular weight is 302 g/mol. The molecule has 0 amide bonds. The summed E-state index contributed by atoms with van der Waals surface area (Å²) in [5.41, 5.74) is 2.36. The largest absolute Gasteiger partial charge is 0.370 e. The summed E-state index contributed by atoms with van der Waals surface area (Å²) in [7, 11) is 0. The molecule has 0 aliphatic heterocycles. The summed E-state index contributed by atoms with van der Waals surface area (Å²) in [6.07, 6.45) is 1.98. The lowest BCUT2D eigenvalue weighted by Gasteiger charge is -2.12. The van der Waals surface area contributed by atoms with Gasteiger partial charge in [0.1, 0.15) is 11.6 Å². The van der Waals surface area contributed by atoms with E-state index >= 15 is 0 Å². The summed E-state index contributed by atoms with van der Waals surface area (Å²) in [6.45, 7) is 7.28. The molecule has 5 heteroatoms. The van der Waals surface area contributed by atoms with E-state index in [1.807, 2.05) is 12.3 Å². The smallest absolute Gasteiger partial charge is 0.191 e. The lowest BCUT2D eigenvalue weighted by atomic mass is 10.0. The quantitative estimate of drug-likeness (QED) is 0.608. The van der Waals surface area contributed by atoms with E-state index in [9.17, 15) is 0 Å². The Kier molecular flexibility index (Phi) is 5.44. The van der Waals surface area contributed by atoms with Crippen molar-refractivity contribution in [3.8, 4) is 0 Å². The predicted molar refractivity (Wildman–Crippen MR) is 91.8 cm³/mol. The second-order valence-electron chi connectivity index (χ2n) is 5.06. The molecule has 1 heterocycles. The molecule has 0 spiro atoms. The third-order valence-electron chi connectivity index (χ3n) is 3.07. The van der Waals surface area contributed by atoms with Gasteiger partial charge in [-0.2, -0.15) is 0 Å². The standard InChI is InChI=1S/C16H22N4S/c1-5-17-14-10-15(20-16(19-14)21-4)18-13-8-6-7-12(9-13)11(2)3/h6-11H,5H2,1-4H3,(H2,17,18,19,20). The highest BCUT2D eigenvalue weighted by Crippen LogP contribution is 2.23. The zero-order valence-electron chi connectivity index (χ0n) is 13.0. The number of benzene rings is 1. The Morgan fingerprint density at radius 1 is 1.14 bits per heavy atom. The maximum Gasteiger partial charge on any atom is 0.191 e. The Morgan fingerprint density at radius 2 is 1.90 bits per heavy atom. The van der Waals surface area contributed by atoms with Gasteiger partial charge in [-0.3, -0.25) is 0 Å². The van der Waals surface area contributed by atoms with Gasteiger partial charge in [0.05, 0.1) is 0 Å². The second kappa shape index (κ2) is 7.31. The Balaban J connectivity index is 2.25. The zero-order valence-corrected chi connectivity index (χ0v) is 13.8. The minimum atomic E-state index is 0.510. The third-order valence-corrected chi connectivity index (χ3v) is 3.62. The van der Waals surface area contributed by atoms with Crippen LogP contribution in [-0.4, -0.2) is 22.8 Å². The van der Waals surface area contributed by atoms with Crippen molar-refractivity contribution >= 4 is 29.1 Å². The van der Waals surface area contributed by atoms with E-state index in [1.54, 1.807) is 0 Å². The van der Waals surface area contributed by atoms with Gasteiger partial charge in [-0.25, -0.2) is 9.97 Å². The number of nitrogens with one attached hydrogen (secondary N) is 2. The molecular weight excluding hydrogens is 280 g/mol. The zero-order chi connectivity index (χ0) is 15.2. The van der Waals surface area contributed by atoms with Gasteiger partial charge in [0.2, 0.25) is 0 Å². The Bertz CT molecular complexity index is 599. The van der Waals surface area contributed by atoms with Gasteiger partial charge in [0.15, 0.2) is 5.16 Å². The molecule has 1 aromatic heterocycles. The summed E-state index contributed by atoms with van der Waals surface area (Å²) >= 11 is 1.54. The van der Waals surface area contributed by atoms with Crippen LogP contribution in [0.25, 0.3) is 0 Å². The Hall–Kier alpha value is -1.75. The van der Waals surface area contributed by atoms with Gasteiger partial charge in [0.25, 0.3) is 0 Å². The van der Waals surface area contributed by atoms with E-state index in [4.69, 9.17) is 0 Å². The van der Waals surface area contributed by atoms with E-state index in [2.05, 4.69) is 65.6 Å². The van der Waals surface area contributed by atoms with Crippen LogP contribution >= 0.6 is 11.8 Å². The number of thioether (sulfide) groups is 1. The van der Waals surface area contributed by atoms with Crippen LogP contribution < -0.4 is 10.6 Å². The Morgan fingerprint density at radius 3 is 2.57 bits per heavy atom. The van der Waals surface area contributed by atoms with Crippen molar-refractivity contribution in [2.75, 3.05) is 23.4 Å². The molecular formula is C16H22N4S. The number of hydrogen-bond donors (Lipinski definition) is 2. The molecule has 0 saturated heterocycles. The average Bonchev–Trinajstić information content (AvgIpc) is 2.47. The normalized spacial score (nSPS) is 10.7. The number of nitrogens with zero attached hydrogens (tertiary/aromatic N) is 2. The van der Waals surface area contributed by atoms with Crippen LogP contribution in [-0.2, 0) is 0 Å². The molecule has 2 rings (SSSR count). The number of hydrogen-bond acceptors (Lipinski definition) is 5. The third kappa shape index (κ3) is 4.36. The topological polar surface area (TPSA) is 49.8 Å². The first-order valence-electron chi connectivity index (χ1n) is 7.16. The van der Waals surface area contributed by atoms with Crippen molar-refractivity contribution in [3.63, 3.8) is 0 Å². The molecule has 0 fully saturated rings. The summed E-state index contributed by atoms with van der Waals surface area (Å²) in [4.78, 5) is 8.93. The SMILES string of the molecule is CCNc1cc(Nc2cccc(C(C)C)c2)nc(SC)n1. The van der Waals surface area contributed by atoms with Crippen LogP contribution in [0.3, 0.4) is 0 Å². The van der Waals surface area contributed by atoms with Crippen molar-refractivity contribution in [2.45, 2.75) is 31.8 Å². The van der Waals surface area contributed by atoms with Crippen LogP contribution in [0.5, 0.6) is 0 Å². The monoisotopic (exact) mass is 302 g/mol. The van der Waals surface area contributed by atoms with E-state index in [1.165, 1.54) is 17.3 Å². The van der Waals surface area contributed by atoms with Crippen LogP contribution in [0.4, 0.5) is 17.3 Å². The van der Waals surface area contributed by atoms with Crippen molar-refractivity contribution in [1.29, 1.82) is 0 Å². The van der Waals surface area contributed by atoms with Gasteiger partial charge in [-0.1, -0.05) is 37.7 Å². The fourth-order valence-corrected chi connectivity index (χ4v) is 2.35. The van der Waals surface area contributed by atoms with Crippen LogP contribution in [0.1, 0.15) is 32.3 Å². The lowest BCUT2D eigenvalue weighted by Crippen LogP contribution is -2.03. The molecule has 0 radical (unpaired) electrons.